The fraction of sp³-hybridized carbons (Fsp3) is 0.455. The van der Waals surface area contributed by atoms with Crippen molar-refractivity contribution in [3.05, 3.63) is 30.1 Å². The van der Waals surface area contributed by atoms with Gasteiger partial charge in [-0.05, 0) is 24.5 Å². The second kappa shape index (κ2) is 4.40. The standard InChI is InChI=1S/C11H15N3O/c12-10(9-4-3-5-13-8-9)11(15)14-6-1-2-7-14/h3-5,8,10H,1-2,6-7,12H2. The molecule has 1 aromatic heterocycles. The predicted molar refractivity (Wildman–Crippen MR) is 57.0 cm³/mol. The highest BCUT2D eigenvalue weighted by molar-refractivity contribution is 5.83. The van der Waals surface area contributed by atoms with Crippen LogP contribution in [0.5, 0.6) is 0 Å². The van der Waals surface area contributed by atoms with Crippen molar-refractivity contribution < 1.29 is 4.79 Å². The van der Waals surface area contributed by atoms with E-state index in [2.05, 4.69) is 4.98 Å². The summed E-state index contributed by atoms with van der Waals surface area (Å²) in [5.41, 5.74) is 6.67. The lowest BCUT2D eigenvalue weighted by Gasteiger charge is -2.19. The molecule has 0 bridgehead atoms. The maximum absolute atomic E-state index is 11.9. The van der Waals surface area contributed by atoms with E-state index in [1.807, 2.05) is 11.0 Å². The number of nitrogens with two attached hydrogens (primary N) is 1. The lowest BCUT2D eigenvalue weighted by Crippen LogP contribution is -2.36. The number of amides is 1. The van der Waals surface area contributed by atoms with Gasteiger partial charge in [0.15, 0.2) is 0 Å². The zero-order chi connectivity index (χ0) is 10.7. The van der Waals surface area contributed by atoms with Crippen molar-refractivity contribution in [2.24, 2.45) is 5.73 Å². The maximum Gasteiger partial charge on any atom is 0.244 e. The van der Waals surface area contributed by atoms with Crippen LogP contribution in [-0.4, -0.2) is 28.9 Å². The number of nitrogens with zero attached hydrogens (tertiary/aromatic N) is 2. The first-order chi connectivity index (χ1) is 7.29. The number of likely N-dealkylation sites (tertiary alicyclic amines) is 1. The molecule has 1 amide bonds. The van der Waals surface area contributed by atoms with Crippen molar-refractivity contribution in [1.82, 2.24) is 9.88 Å². The smallest absolute Gasteiger partial charge is 0.244 e. The normalized spacial score (nSPS) is 17.8. The molecule has 2 heterocycles. The Hall–Kier alpha value is -1.42. The number of carbonyl (C=O) groups is 1. The highest BCUT2D eigenvalue weighted by atomic mass is 16.2. The van der Waals surface area contributed by atoms with Gasteiger partial charge in [0.05, 0.1) is 0 Å². The van der Waals surface area contributed by atoms with E-state index >= 15 is 0 Å². The molecule has 0 radical (unpaired) electrons. The van der Waals surface area contributed by atoms with Gasteiger partial charge in [0, 0.05) is 25.5 Å². The van der Waals surface area contributed by atoms with Gasteiger partial charge in [0.25, 0.3) is 0 Å². The molecule has 1 unspecified atom stereocenters. The molecule has 1 aliphatic rings. The Morgan fingerprint density at radius 3 is 2.80 bits per heavy atom. The van der Waals surface area contributed by atoms with E-state index in [0.29, 0.717) is 0 Å². The van der Waals surface area contributed by atoms with Gasteiger partial charge >= 0.3 is 0 Å². The molecule has 0 spiro atoms. The summed E-state index contributed by atoms with van der Waals surface area (Å²) in [6.45, 7) is 1.68. The summed E-state index contributed by atoms with van der Waals surface area (Å²) in [5.74, 6) is 0.0144. The van der Waals surface area contributed by atoms with Gasteiger partial charge in [-0.3, -0.25) is 9.78 Å². The molecule has 2 N–H and O–H groups in total. The summed E-state index contributed by atoms with van der Waals surface area (Å²) < 4.78 is 0. The summed E-state index contributed by atoms with van der Waals surface area (Å²) in [6, 6.07) is 3.08. The van der Waals surface area contributed by atoms with E-state index in [9.17, 15) is 4.79 Å². The Kier molecular flexibility index (Phi) is 2.97. The van der Waals surface area contributed by atoms with Crippen LogP contribution < -0.4 is 5.73 Å². The molecule has 2 rings (SSSR count). The Morgan fingerprint density at radius 2 is 2.20 bits per heavy atom. The maximum atomic E-state index is 11.9. The number of rotatable bonds is 2. The predicted octanol–water partition coefficient (Wildman–Crippen LogP) is 0.704. The number of carbonyl (C=O) groups excluding carboxylic acids is 1. The minimum atomic E-state index is -0.559. The van der Waals surface area contributed by atoms with E-state index in [4.69, 9.17) is 5.73 Å². The molecule has 80 valence electrons. The summed E-state index contributed by atoms with van der Waals surface area (Å²) in [4.78, 5) is 17.7. The summed E-state index contributed by atoms with van der Waals surface area (Å²) >= 11 is 0. The van der Waals surface area contributed by atoms with Gasteiger partial charge in [-0.2, -0.15) is 0 Å². The van der Waals surface area contributed by atoms with Gasteiger partial charge in [0.2, 0.25) is 5.91 Å². The average molecular weight is 205 g/mol. The second-order valence-corrected chi connectivity index (χ2v) is 3.80. The van der Waals surface area contributed by atoms with Gasteiger partial charge in [-0.1, -0.05) is 6.07 Å². The molecule has 1 atom stereocenters. The number of hydrogen-bond acceptors (Lipinski definition) is 3. The van der Waals surface area contributed by atoms with Crippen molar-refractivity contribution in [3.8, 4) is 0 Å². The average Bonchev–Trinajstić information content (AvgIpc) is 2.82. The molecule has 0 aliphatic carbocycles. The third-order valence-electron chi connectivity index (χ3n) is 2.73. The zero-order valence-corrected chi connectivity index (χ0v) is 8.60. The van der Waals surface area contributed by atoms with Crippen molar-refractivity contribution in [2.75, 3.05) is 13.1 Å². The van der Waals surface area contributed by atoms with Crippen molar-refractivity contribution in [1.29, 1.82) is 0 Å². The summed E-state index contributed by atoms with van der Waals surface area (Å²) in [7, 11) is 0. The largest absolute Gasteiger partial charge is 0.341 e. The van der Waals surface area contributed by atoms with E-state index in [1.54, 1.807) is 18.5 Å². The highest BCUT2D eigenvalue weighted by Gasteiger charge is 2.24. The Morgan fingerprint density at radius 1 is 1.47 bits per heavy atom. The van der Waals surface area contributed by atoms with Crippen LogP contribution in [0.1, 0.15) is 24.4 Å². The molecular weight excluding hydrogens is 190 g/mol. The van der Waals surface area contributed by atoms with Crippen LogP contribution >= 0.6 is 0 Å². The molecule has 1 aromatic rings. The molecule has 1 saturated heterocycles. The lowest BCUT2D eigenvalue weighted by molar-refractivity contribution is -0.131. The van der Waals surface area contributed by atoms with Crippen molar-refractivity contribution in [2.45, 2.75) is 18.9 Å². The molecule has 4 heteroatoms. The first kappa shape index (κ1) is 10.1. The summed E-state index contributed by atoms with van der Waals surface area (Å²) in [6.07, 6.45) is 5.51. The minimum Gasteiger partial charge on any atom is -0.341 e. The molecule has 15 heavy (non-hydrogen) atoms. The SMILES string of the molecule is NC(C(=O)N1CCCC1)c1cccnc1. The zero-order valence-electron chi connectivity index (χ0n) is 8.60. The van der Waals surface area contributed by atoms with Crippen molar-refractivity contribution in [3.63, 3.8) is 0 Å². The van der Waals surface area contributed by atoms with Gasteiger partial charge in [-0.25, -0.2) is 0 Å². The van der Waals surface area contributed by atoms with Crippen LogP contribution in [0, 0.1) is 0 Å². The number of pyridine rings is 1. The molecule has 0 saturated carbocycles. The monoisotopic (exact) mass is 205 g/mol. The molecule has 1 fully saturated rings. The van der Waals surface area contributed by atoms with Crippen LogP contribution in [0.2, 0.25) is 0 Å². The van der Waals surface area contributed by atoms with E-state index < -0.39 is 6.04 Å². The molecule has 1 aliphatic heterocycles. The van der Waals surface area contributed by atoms with E-state index in [-0.39, 0.29) is 5.91 Å². The third-order valence-corrected chi connectivity index (χ3v) is 2.73. The fourth-order valence-corrected chi connectivity index (χ4v) is 1.84. The molecule has 4 nitrogen and oxygen atoms in total. The Balaban J connectivity index is 2.07. The molecular formula is C11H15N3O. The van der Waals surface area contributed by atoms with Crippen LogP contribution in [-0.2, 0) is 4.79 Å². The van der Waals surface area contributed by atoms with E-state index in [0.717, 1.165) is 31.5 Å². The van der Waals surface area contributed by atoms with E-state index in [1.165, 1.54) is 0 Å². The highest BCUT2D eigenvalue weighted by Crippen LogP contribution is 2.15. The number of aromatic nitrogens is 1. The van der Waals surface area contributed by atoms with Crippen LogP contribution in [0.3, 0.4) is 0 Å². The number of hydrogen-bond donors (Lipinski definition) is 1. The lowest BCUT2D eigenvalue weighted by atomic mass is 10.1. The summed E-state index contributed by atoms with van der Waals surface area (Å²) in [5, 5.41) is 0. The van der Waals surface area contributed by atoms with Gasteiger partial charge < -0.3 is 10.6 Å². The van der Waals surface area contributed by atoms with Crippen LogP contribution in [0.15, 0.2) is 24.5 Å². The Bertz CT molecular complexity index is 333. The third kappa shape index (κ3) is 2.15. The minimum absolute atomic E-state index is 0.0144. The van der Waals surface area contributed by atoms with Crippen molar-refractivity contribution >= 4 is 5.91 Å². The van der Waals surface area contributed by atoms with Crippen LogP contribution in [0.4, 0.5) is 0 Å². The Labute approximate surface area is 89.1 Å². The quantitative estimate of drug-likeness (QED) is 0.773. The van der Waals surface area contributed by atoms with Gasteiger partial charge in [-0.15, -0.1) is 0 Å². The fourth-order valence-electron chi connectivity index (χ4n) is 1.84. The first-order valence-corrected chi connectivity index (χ1v) is 5.23. The molecule has 0 aromatic carbocycles. The topological polar surface area (TPSA) is 59.2 Å². The first-order valence-electron chi connectivity index (χ1n) is 5.23. The van der Waals surface area contributed by atoms with Crippen LogP contribution in [0.25, 0.3) is 0 Å². The second-order valence-electron chi connectivity index (χ2n) is 3.80. The van der Waals surface area contributed by atoms with Gasteiger partial charge in [0.1, 0.15) is 6.04 Å².